The topological polar surface area (TPSA) is 55.8 Å². The van der Waals surface area contributed by atoms with Crippen LogP contribution in [0.25, 0.3) is 0 Å². The van der Waals surface area contributed by atoms with E-state index in [0.29, 0.717) is 13.0 Å². The Balaban J connectivity index is 2.68. The Kier molecular flexibility index (Phi) is 4.01. The van der Waals surface area contributed by atoms with E-state index in [1.165, 1.54) is 0 Å². The Bertz CT molecular complexity index is 297. The van der Waals surface area contributed by atoms with Crippen molar-refractivity contribution in [3.05, 3.63) is 0 Å². The number of carbonyl (C=O) groups excluding carboxylic acids is 2. The van der Waals surface area contributed by atoms with Gasteiger partial charge in [0, 0.05) is 6.54 Å². The lowest BCUT2D eigenvalue weighted by Crippen LogP contribution is -2.49. The number of nitrogens with zero attached hydrogens (tertiary/aromatic N) is 1. The van der Waals surface area contributed by atoms with Gasteiger partial charge in [-0.2, -0.15) is 0 Å². The van der Waals surface area contributed by atoms with Gasteiger partial charge in [-0.3, -0.25) is 9.69 Å². The van der Waals surface area contributed by atoms with E-state index < -0.39 is 11.1 Å². The molecule has 1 aliphatic heterocycles. The van der Waals surface area contributed by atoms with Crippen molar-refractivity contribution in [1.82, 2.24) is 4.90 Å². The van der Waals surface area contributed by atoms with Crippen molar-refractivity contribution in [2.75, 3.05) is 13.2 Å². The van der Waals surface area contributed by atoms with Gasteiger partial charge < -0.3 is 9.47 Å². The first-order chi connectivity index (χ1) is 7.78. The SMILES string of the molecule is CC(C)(C)OC(=O)N1CCC[C@@]1(C)COC=O. The fraction of sp³-hybridized carbons (Fsp3) is 0.833. The highest BCUT2D eigenvalue weighted by atomic mass is 16.6. The lowest BCUT2D eigenvalue weighted by Gasteiger charge is -2.35. The van der Waals surface area contributed by atoms with Gasteiger partial charge in [-0.05, 0) is 40.5 Å². The molecule has 1 saturated heterocycles. The molecule has 1 rings (SSSR count). The first kappa shape index (κ1) is 13.8. The lowest BCUT2D eigenvalue weighted by molar-refractivity contribution is -0.132. The van der Waals surface area contributed by atoms with E-state index in [1.54, 1.807) is 4.90 Å². The maximum atomic E-state index is 12.0. The molecule has 1 aliphatic rings. The molecule has 98 valence electrons. The number of amides is 1. The van der Waals surface area contributed by atoms with Crippen molar-refractivity contribution in [2.24, 2.45) is 0 Å². The molecule has 17 heavy (non-hydrogen) atoms. The number of likely N-dealkylation sites (tertiary alicyclic amines) is 1. The van der Waals surface area contributed by atoms with Crippen LogP contribution < -0.4 is 0 Å². The molecule has 0 aromatic heterocycles. The van der Waals surface area contributed by atoms with E-state index >= 15 is 0 Å². The number of hydrogen-bond acceptors (Lipinski definition) is 4. The van der Waals surface area contributed by atoms with Crippen LogP contribution in [-0.4, -0.2) is 41.8 Å². The average Bonchev–Trinajstić information content (AvgIpc) is 2.55. The third-order valence-corrected chi connectivity index (χ3v) is 2.82. The smallest absolute Gasteiger partial charge is 0.410 e. The Morgan fingerprint density at radius 2 is 2.12 bits per heavy atom. The molecular formula is C12H21NO4. The summed E-state index contributed by atoms with van der Waals surface area (Å²) in [6, 6.07) is 0. The van der Waals surface area contributed by atoms with Crippen molar-refractivity contribution in [1.29, 1.82) is 0 Å². The molecule has 0 radical (unpaired) electrons. The van der Waals surface area contributed by atoms with E-state index in [4.69, 9.17) is 9.47 Å². The van der Waals surface area contributed by atoms with Gasteiger partial charge in [0.15, 0.2) is 0 Å². The molecule has 1 atom stereocenters. The molecule has 1 fully saturated rings. The zero-order valence-corrected chi connectivity index (χ0v) is 11.0. The van der Waals surface area contributed by atoms with Gasteiger partial charge in [-0.15, -0.1) is 0 Å². The second-order valence-corrected chi connectivity index (χ2v) is 5.64. The zero-order valence-electron chi connectivity index (χ0n) is 11.0. The molecular weight excluding hydrogens is 222 g/mol. The Morgan fingerprint density at radius 1 is 1.47 bits per heavy atom. The monoisotopic (exact) mass is 243 g/mol. The summed E-state index contributed by atoms with van der Waals surface area (Å²) in [5, 5.41) is 0. The van der Waals surface area contributed by atoms with Crippen LogP contribution in [0.2, 0.25) is 0 Å². The van der Waals surface area contributed by atoms with Gasteiger partial charge in [-0.25, -0.2) is 4.79 Å². The quantitative estimate of drug-likeness (QED) is 0.711. The van der Waals surface area contributed by atoms with Crippen LogP contribution >= 0.6 is 0 Å². The number of hydrogen-bond donors (Lipinski definition) is 0. The van der Waals surface area contributed by atoms with Crippen LogP contribution in [0.15, 0.2) is 0 Å². The first-order valence-electron chi connectivity index (χ1n) is 5.84. The maximum absolute atomic E-state index is 12.0. The summed E-state index contributed by atoms with van der Waals surface area (Å²) in [6.45, 7) is 8.69. The highest BCUT2D eigenvalue weighted by Gasteiger charge is 2.42. The number of carbonyl (C=O) groups is 2. The van der Waals surface area contributed by atoms with Crippen LogP contribution in [0, 0.1) is 0 Å². The summed E-state index contributed by atoms with van der Waals surface area (Å²) in [7, 11) is 0. The predicted octanol–water partition coefficient (Wildman–Crippen LogP) is 1.95. The molecule has 1 heterocycles. The average molecular weight is 243 g/mol. The van der Waals surface area contributed by atoms with Gasteiger partial charge >= 0.3 is 6.09 Å². The molecule has 0 N–H and O–H groups in total. The molecule has 1 amide bonds. The largest absolute Gasteiger partial charge is 0.465 e. The lowest BCUT2D eigenvalue weighted by atomic mass is 10.0. The zero-order chi connectivity index (χ0) is 13.1. The molecule has 0 saturated carbocycles. The van der Waals surface area contributed by atoms with E-state index in [2.05, 4.69) is 0 Å². The van der Waals surface area contributed by atoms with Gasteiger partial charge in [0.05, 0.1) is 5.54 Å². The standard InChI is InChI=1S/C12H21NO4/c1-11(2,3)17-10(15)13-7-5-6-12(13,4)8-16-9-14/h9H,5-8H2,1-4H3/t12-/m0/s1. The molecule has 0 aromatic carbocycles. The number of ether oxygens (including phenoxy) is 2. The van der Waals surface area contributed by atoms with Gasteiger partial charge in [0.2, 0.25) is 0 Å². The van der Waals surface area contributed by atoms with Crippen LogP contribution in [0.1, 0.15) is 40.5 Å². The fourth-order valence-corrected chi connectivity index (χ4v) is 2.02. The molecule has 0 spiro atoms. The second kappa shape index (κ2) is 4.94. The van der Waals surface area contributed by atoms with Crippen molar-refractivity contribution in [3.8, 4) is 0 Å². The molecule has 0 unspecified atom stereocenters. The number of rotatable bonds is 3. The minimum absolute atomic E-state index is 0.218. The Labute approximate surface area is 102 Å². The Morgan fingerprint density at radius 3 is 2.65 bits per heavy atom. The van der Waals surface area contributed by atoms with Crippen LogP contribution in [0.4, 0.5) is 4.79 Å². The maximum Gasteiger partial charge on any atom is 0.410 e. The van der Waals surface area contributed by atoms with Gasteiger partial charge in [0.25, 0.3) is 6.47 Å². The predicted molar refractivity (Wildman–Crippen MR) is 62.6 cm³/mol. The fourth-order valence-electron chi connectivity index (χ4n) is 2.02. The summed E-state index contributed by atoms with van der Waals surface area (Å²) >= 11 is 0. The molecule has 0 aromatic rings. The summed E-state index contributed by atoms with van der Waals surface area (Å²) in [5.41, 5.74) is -0.949. The van der Waals surface area contributed by atoms with Gasteiger partial charge in [0.1, 0.15) is 12.2 Å². The molecule has 0 bridgehead atoms. The summed E-state index contributed by atoms with van der Waals surface area (Å²) in [4.78, 5) is 23.9. The minimum atomic E-state index is -0.508. The summed E-state index contributed by atoms with van der Waals surface area (Å²) in [5.74, 6) is 0. The molecule has 0 aliphatic carbocycles. The van der Waals surface area contributed by atoms with Gasteiger partial charge in [-0.1, -0.05) is 0 Å². The first-order valence-corrected chi connectivity index (χ1v) is 5.84. The molecule has 5 heteroatoms. The second-order valence-electron chi connectivity index (χ2n) is 5.64. The highest BCUT2D eigenvalue weighted by Crippen LogP contribution is 2.30. The van der Waals surface area contributed by atoms with Crippen molar-refractivity contribution < 1.29 is 19.1 Å². The third-order valence-electron chi connectivity index (χ3n) is 2.82. The third kappa shape index (κ3) is 3.61. The molecule has 5 nitrogen and oxygen atoms in total. The van der Waals surface area contributed by atoms with E-state index in [0.717, 1.165) is 12.8 Å². The van der Waals surface area contributed by atoms with Crippen LogP contribution in [-0.2, 0) is 14.3 Å². The highest BCUT2D eigenvalue weighted by molar-refractivity contribution is 5.69. The van der Waals surface area contributed by atoms with Crippen molar-refractivity contribution in [2.45, 2.75) is 51.7 Å². The summed E-state index contributed by atoms with van der Waals surface area (Å²) < 4.78 is 10.1. The van der Waals surface area contributed by atoms with E-state index in [-0.39, 0.29) is 12.7 Å². The van der Waals surface area contributed by atoms with E-state index in [9.17, 15) is 9.59 Å². The normalized spacial score (nSPS) is 24.6. The summed E-state index contributed by atoms with van der Waals surface area (Å²) in [6.07, 6.45) is 1.38. The van der Waals surface area contributed by atoms with Crippen LogP contribution in [0.5, 0.6) is 0 Å². The van der Waals surface area contributed by atoms with E-state index in [1.807, 2.05) is 27.7 Å². The minimum Gasteiger partial charge on any atom is -0.465 e. The Hall–Kier alpha value is -1.26. The van der Waals surface area contributed by atoms with Crippen molar-refractivity contribution >= 4 is 12.6 Å². The van der Waals surface area contributed by atoms with Crippen molar-refractivity contribution in [3.63, 3.8) is 0 Å². The van der Waals surface area contributed by atoms with Crippen LogP contribution in [0.3, 0.4) is 0 Å².